The molecule has 4 heteroatoms. The van der Waals surface area contributed by atoms with E-state index in [-0.39, 0.29) is 12.5 Å². The van der Waals surface area contributed by atoms with E-state index in [0.717, 1.165) is 0 Å². The van der Waals surface area contributed by atoms with E-state index in [1.165, 1.54) is 0 Å². The number of nitrogens with one attached hydrogen (secondary N) is 1. The number of amides is 1. The van der Waals surface area contributed by atoms with Gasteiger partial charge in [-0.2, -0.15) is 0 Å². The molecule has 94 valence electrons. The van der Waals surface area contributed by atoms with Crippen molar-refractivity contribution in [1.82, 2.24) is 5.32 Å². The van der Waals surface area contributed by atoms with Crippen LogP contribution in [0, 0.1) is 0 Å². The van der Waals surface area contributed by atoms with Crippen LogP contribution in [-0.2, 0) is 0 Å². The highest BCUT2D eigenvalue weighted by Gasteiger charge is 2.13. The zero-order valence-electron chi connectivity index (χ0n) is 10.5. The summed E-state index contributed by atoms with van der Waals surface area (Å²) < 4.78 is 5.38. The molecule has 4 nitrogen and oxygen atoms in total. The van der Waals surface area contributed by atoms with Gasteiger partial charge in [0.15, 0.2) is 0 Å². The van der Waals surface area contributed by atoms with Crippen LogP contribution in [0.1, 0.15) is 31.1 Å². The zero-order valence-corrected chi connectivity index (χ0v) is 10.5. The summed E-state index contributed by atoms with van der Waals surface area (Å²) in [6.07, 6.45) is 0. The third-order valence-corrected chi connectivity index (χ3v) is 2.05. The summed E-state index contributed by atoms with van der Waals surface area (Å²) in [6, 6.07) is 6.84. The lowest BCUT2D eigenvalue weighted by Crippen LogP contribution is -2.27. The predicted octanol–water partition coefficient (Wildman–Crippen LogP) is 1.59. The second-order valence-electron chi connectivity index (χ2n) is 4.48. The van der Waals surface area contributed by atoms with Gasteiger partial charge in [-0.15, -0.1) is 0 Å². The Morgan fingerprint density at radius 3 is 2.41 bits per heavy atom. The summed E-state index contributed by atoms with van der Waals surface area (Å²) >= 11 is 0. The first kappa shape index (κ1) is 13.5. The molecule has 1 rings (SSSR count). The van der Waals surface area contributed by atoms with Gasteiger partial charge < -0.3 is 15.2 Å². The SMILES string of the molecule is CCNC(=O)c1ccc(OCC(C)(C)O)cc1. The molecule has 0 saturated heterocycles. The smallest absolute Gasteiger partial charge is 0.251 e. The topological polar surface area (TPSA) is 58.6 Å². The van der Waals surface area contributed by atoms with Gasteiger partial charge in [0.1, 0.15) is 12.4 Å². The van der Waals surface area contributed by atoms with Crippen molar-refractivity contribution in [3.63, 3.8) is 0 Å². The second kappa shape index (κ2) is 5.68. The van der Waals surface area contributed by atoms with Crippen LogP contribution in [0.25, 0.3) is 0 Å². The Labute approximate surface area is 102 Å². The summed E-state index contributed by atoms with van der Waals surface area (Å²) in [5.74, 6) is 0.543. The van der Waals surface area contributed by atoms with Crippen LogP contribution in [0.3, 0.4) is 0 Å². The third kappa shape index (κ3) is 4.87. The highest BCUT2D eigenvalue weighted by molar-refractivity contribution is 5.94. The van der Waals surface area contributed by atoms with Crippen LogP contribution in [0.4, 0.5) is 0 Å². The zero-order chi connectivity index (χ0) is 12.9. The molecule has 1 aromatic carbocycles. The summed E-state index contributed by atoms with van der Waals surface area (Å²) in [6.45, 7) is 6.05. The van der Waals surface area contributed by atoms with Crippen molar-refractivity contribution in [1.29, 1.82) is 0 Å². The third-order valence-electron chi connectivity index (χ3n) is 2.05. The van der Waals surface area contributed by atoms with Crippen molar-refractivity contribution in [3.8, 4) is 5.75 Å². The van der Waals surface area contributed by atoms with Crippen molar-refractivity contribution < 1.29 is 14.6 Å². The van der Waals surface area contributed by atoms with E-state index in [9.17, 15) is 9.90 Å². The van der Waals surface area contributed by atoms with Crippen molar-refractivity contribution in [3.05, 3.63) is 29.8 Å². The minimum atomic E-state index is -0.863. The minimum Gasteiger partial charge on any atom is -0.491 e. The van der Waals surface area contributed by atoms with Gasteiger partial charge >= 0.3 is 0 Å². The Kier molecular flexibility index (Phi) is 4.52. The molecule has 0 spiro atoms. The second-order valence-corrected chi connectivity index (χ2v) is 4.48. The fourth-order valence-corrected chi connectivity index (χ4v) is 1.23. The fraction of sp³-hybridized carbons (Fsp3) is 0.462. The van der Waals surface area contributed by atoms with Crippen LogP contribution in [0.15, 0.2) is 24.3 Å². The number of hydrogen-bond donors (Lipinski definition) is 2. The molecule has 0 aliphatic rings. The molecule has 0 aliphatic carbocycles. The maximum atomic E-state index is 11.5. The highest BCUT2D eigenvalue weighted by Crippen LogP contribution is 2.14. The van der Waals surface area contributed by atoms with Crippen LogP contribution >= 0.6 is 0 Å². The number of carbonyl (C=O) groups excluding carboxylic acids is 1. The molecule has 0 saturated carbocycles. The molecule has 1 aromatic rings. The number of benzene rings is 1. The summed E-state index contributed by atoms with van der Waals surface area (Å²) in [5, 5.41) is 12.2. The molecule has 0 bridgehead atoms. The van der Waals surface area contributed by atoms with Crippen LogP contribution in [0.5, 0.6) is 5.75 Å². The fourth-order valence-electron chi connectivity index (χ4n) is 1.23. The van der Waals surface area contributed by atoms with Crippen molar-refractivity contribution in [2.75, 3.05) is 13.2 Å². The van der Waals surface area contributed by atoms with E-state index >= 15 is 0 Å². The van der Waals surface area contributed by atoms with Gasteiger partial charge in [-0.25, -0.2) is 0 Å². The Bertz CT molecular complexity index is 365. The molecule has 0 fully saturated rings. The molecule has 1 amide bonds. The van der Waals surface area contributed by atoms with Gasteiger partial charge in [-0.3, -0.25) is 4.79 Å². The Morgan fingerprint density at radius 2 is 1.94 bits per heavy atom. The van der Waals surface area contributed by atoms with Crippen molar-refractivity contribution in [2.45, 2.75) is 26.4 Å². The molecule has 17 heavy (non-hydrogen) atoms. The number of ether oxygens (including phenoxy) is 1. The van der Waals surface area contributed by atoms with Gasteiger partial charge in [0.2, 0.25) is 0 Å². The summed E-state index contributed by atoms with van der Waals surface area (Å²) in [5.41, 5.74) is -0.263. The number of hydrogen-bond acceptors (Lipinski definition) is 3. The maximum absolute atomic E-state index is 11.5. The first-order valence-electron chi connectivity index (χ1n) is 5.66. The molecule has 0 radical (unpaired) electrons. The van der Waals surface area contributed by atoms with Crippen LogP contribution < -0.4 is 10.1 Å². The lowest BCUT2D eigenvalue weighted by Gasteiger charge is -2.17. The van der Waals surface area contributed by atoms with Crippen molar-refractivity contribution in [2.24, 2.45) is 0 Å². The normalized spacial score (nSPS) is 11.1. The average Bonchev–Trinajstić information content (AvgIpc) is 2.26. The first-order chi connectivity index (χ1) is 7.92. The first-order valence-corrected chi connectivity index (χ1v) is 5.66. The quantitative estimate of drug-likeness (QED) is 0.817. The van der Waals surface area contributed by atoms with Gasteiger partial charge in [0, 0.05) is 12.1 Å². The minimum absolute atomic E-state index is 0.0958. The molecule has 0 aliphatic heterocycles. The number of aliphatic hydroxyl groups is 1. The van der Waals surface area contributed by atoms with Crippen LogP contribution in [0.2, 0.25) is 0 Å². The largest absolute Gasteiger partial charge is 0.491 e. The van der Waals surface area contributed by atoms with Crippen molar-refractivity contribution >= 4 is 5.91 Å². The standard InChI is InChI=1S/C13H19NO3/c1-4-14-12(15)10-5-7-11(8-6-10)17-9-13(2,3)16/h5-8,16H,4,9H2,1-3H3,(H,14,15). The summed E-state index contributed by atoms with van der Waals surface area (Å²) in [7, 11) is 0. The maximum Gasteiger partial charge on any atom is 0.251 e. The monoisotopic (exact) mass is 237 g/mol. The summed E-state index contributed by atoms with van der Waals surface area (Å²) in [4.78, 5) is 11.5. The lowest BCUT2D eigenvalue weighted by atomic mass is 10.1. The average molecular weight is 237 g/mol. The molecule has 0 atom stereocenters. The van der Waals surface area contributed by atoms with E-state index < -0.39 is 5.60 Å². The molecule has 0 unspecified atom stereocenters. The highest BCUT2D eigenvalue weighted by atomic mass is 16.5. The lowest BCUT2D eigenvalue weighted by molar-refractivity contribution is 0.0285. The Morgan fingerprint density at radius 1 is 1.35 bits per heavy atom. The molecular formula is C13H19NO3. The number of carbonyl (C=O) groups is 1. The van der Waals surface area contributed by atoms with Gasteiger partial charge in [0.05, 0.1) is 5.60 Å². The van der Waals surface area contributed by atoms with Gasteiger partial charge in [-0.1, -0.05) is 0 Å². The van der Waals surface area contributed by atoms with Gasteiger partial charge in [-0.05, 0) is 45.0 Å². The van der Waals surface area contributed by atoms with E-state index in [0.29, 0.717) is 17.9 Å². The number of rotatable bonds is 5. The van der Waals surface area contributed by atoms with Crippen LogP contribution in [-0.4, -0.2) is 29.8 Å². The Balaban J connectivity index is 2.59. The molecule has 2 N–H and O–H groups in total. The molecular weight excluding hydrogens is 218 g/mol. The predicted molar refractivity (Wildman–Crippen MR) is 66.2 cm³/mol. The van der Waals surface area contributed by atoms with E-state index in [1.807, 2.05) is 6.92 Å². The Hall–Kier alpha value is -1.55. The van der Waals surface area contributed by atoms with E-state index in [1.54, 1.807) is 38.1 Å². The van der Waals surface area contributed by atoms with E-state index in [4.69, 9.17) is 4.74 Å². The van der Waals surface area contributed by atoms with E-state index in [2.05, 4.69) is 5.32 Å². The molecule has 0 heterocycles. The molecule has 0 aromatic heterocycles. The van der Waals surface area contributed by atoms with Gasteiger partial charge in [0.25, 0.3) is 5.91 Å².